The molecular weight excluding hydrogens is 420 g/mol. The minimum Gasteiger partial charge on any atom is -0.321 e. The molecule has 4 heteroatoms. The molecule has 5 rings (SSSR count). The lowest BCUT2D eigenvalue weighted by Crippen LogP contribution is -2.34. The van der Waals surface area contributed by atoms with Crippen LogP contribution in [0.25, 0.3) is 11.1 Å². The number of anilines is 2. The van der Waals surface area contributed by atoms with Gasteiger partial charge in [-0.2, -0.15) is 0 Å². The zero-order valence-corrected chi connectivity index (χ0v) is 19.8. The van der Waals surface area contributed by atoms with Crippen molar-refractivity contribution in [1.82, 2.24) is 0 Å². The largest absolute Gasteiger partial charge is 0.321 e. The van der Waals surface area contributed by atoms with E-state index in [1.165, 1.54) is 0 Å². The zero-order chi connectivity index (χ0) is 23.7. The lowest BCUT2D eigenvalue weighted by Gasteiger charge is -2.24. The summed E-state index contributed by atoms with van der Waals surface area (Å²) in [6.45, 7) is 5.11. The highest BCUT2D eigenvalue weighted by molar-refractivity contribution is 6.31. The van der Waals surface area contributed by atoms with Crippen LogP contribution in [0.3, 0.4) is 0 Å². The van der Waals surface area contributed by atoms with E-state index in [2.05, 4.69) is 19.2 Å². The molecule has 1 N–H and O–H groups in total. The van der Waals surface area contributed by atoms with Crippen molar-refractivity contribution < 1.29 is 9.59 Å². The van der Waals surface area contributed by atoms with Crippen molar-refractivity contribution in [3.05, 3.63) is 94.4 Å². The predicted octanol–water partition coefficient (Wildman–Crippen LogP) is 4.60. The van der Waals surface area contributed by atoms with E-state index < -0.39 is 0 Å². The number of fused-ring (bicyclic) bond motifs is 2. The molecule has 1 atom stereocenters. The van der Waals surface area contributed by atoms with Crippen LogP contribution in [0.1, 0.15) is 50.7 Å². The molecule has 0 radical (unpaired) electrons. The van der Waals surface area contributed by atoms with Crippen LogP contribution in [0.4, 0.5) is 11.4 Å². The first kappa shape index (κ1) is 22.1. The summed E-state index contributed by atoms with van der Waals surface area (Å²) in [6.07, 6.45) is 4.46. The van der Waals surface area contributed by atoms with Gasteiger partial charge in [-0.1, -0.05) is 93.8 Å². The van der Waals surface area contributed by atoms with Crippen LogP contribution >= 0.6 is 0 Å². The number of hydrogen-bond donors (Lipinski definition) is 1. The third-order valence-corrected chi connectivity index (χ3v) is 7.01. The number of rotatable bonds is 8. The second-order valence-corrected chi connectivity index (χ2v) is 9.18. The van der Waals surface area contributed by atoms with E-state index in [1.807, 2.05) is 77.7 Å². The van der Waals surface area contributed by atoms with Gasteiger partial charge in [-0.05, 0) is 35.6 Å². The minimum atomic E-state index is -0.0987. The molecule has 4 nitrogen and oxygen atoms in total. The maximum atomic E-state index is 13.8. The molecule has 0 spiro atoms. The summed E-state index contributed by atoms with van der Waals surface area (Å²) in [5.74, 6) is 0.392. The van der Waals surface area contributed by atoms with Gasteiger partial charge in [-0.3, -0.25) is 9.59 Å². The summed E-state index contributed by atoms with van der Waals surface area (Å²) < 4.78 is 0. The number of amides is 2. The van der Waals surface area contributed by atoms with Gasteiger partial charge in [0.1, 0.15) is 0 Å². The number of hydrogen-bond acceptors (Lipinski definition) is 2. The Morgan fingerprint density at radius 3 is 2.09 bits per heavy atom. The minimum absolute atomic E-state index is 0.0485. The zero-order valence-electron chi connectivity index (χ0n) is 19.8. The molecule has 3 aromatic rings. The monoisotopic (exact) mass is 450 g/mol. The Bertz CT molecular complexity index is 1360. The molecule has 0 saturated carbocycles. The van der Waals surface area contributed by atoms with Crippen molar-refractivity contribution in [3.8, 4) is 0 Å². The Morgan fingerprint density at radius 2 is 1.47 bits per heavy atom. The third kappa shape index (κ3) is 3.83. The molecule has 34 heavy (non-hydrogen) atoms. The second kappa shape index (κ2) is 9.30. The molecule has 0 bridgehead atoms. The molecular formula is C30H30N2O2. The highest BCUT2D eigenvalue weighted by Crippen LogP contribution is 2.30. The topological polar surface area (TPSA) is 49.4 Å². The van der Waals surface area contributed by atoms with Gasteiger partial charge in [0, 0.05) is 22.7 Å². The van der Waals surface area contributed by atoms with Crippen molar-refractivity contribution >= 4 is 34.3 Å². The van der Waals surface area contributed by atoms with E-state index >= 15 is 0 Å². The number of carbonyl (C=O) groups excluding carboxylic acids is 2. The molecule has 3 aromatic carbocycles. The molecule has 1 unspecified atom stereocenters. The van der Waals surface area contributed by atoms with Crippen molar-refractivity contribution in [1.29, 1.82) is 0 Å². The molecule has 2 amide bonds. The Balaban J connectivity index is 1.71. The van der Waals surface area contributed by atoms with Crippen molar-refractivity contribution in [2.45, 2.75) is 39.5 Å². The van der Waals surface area contributed by atoms with Crippen LogP contribution in [-0.2, 0) is 9.59 Å². The van der Waals surface area contributed by atoms with Gasteiger partial charge in [-0.15, -0.1) is 0 Å². The molecule has 2 aliphatic heterocycles. The summed E-state index contributed by atoms with van der Waals surface area (Å²) in [7, 11) is 0. The van der Waals surface area contributed by atoms with Crippen LogP contribution in [0.5, 0.6) is 0 Å². The first-order valence-electron chi connectivity index (χ1n) is 12.3. The van der Waals surface area contributed by atoms with Crippen LogP contribution in [0.2, 0.25) is 0 Å². The van der Waals surface area contributed by atoms with Gasteiger partial charge >= 0.3 is 0 Å². The average Bonchev–Trinajstić information content (AvgIpc) is 3.33. The summed E-state index contributed by atoms with van der Waals surface area (Å²) in [5.41, 5.74) is 4.85. The molecule has 0 saturated heterocycles. The molecule has 0 aliphatic carbocycles. The van der Waals surface area contributed by atoms with E-state index in [9.17, 15) is 9.59 Å². The van der Waals surface area contributed by atoms with Gasteiger partial charge in [0.05, 0.1) is 16.8 Å². The Hall–Kier alpha value is -3.66. The summed E-state index contributed by atoms with van der Waals surface area (Å²) in [6, 6.07) is 23.7. The quantitative estimate of drug-likeness (QED) is 0.545. The van der Waals surface area contributed by atoms with E-state index in [4.69, 9.17) is 0 Å². The van der Waals surface area contributed by atoms with E-state index in [0.29, 0.717) is 23.6 Å². The van der Waals surface area contributed by atoms with Crippen molar-refractivity contribution in [3.63, 3.8) is 0 Å². The second-order valence-electron chi connectivity index (χ2n) is 9.18. The van der Waals surface area contributed by atoms with Crippen LogP contribution in [-0.4, -0.2) is 18.4 Å². The number of nitrogens with one attached hydrogen (secondary N) is 1. The maximum absolute atomic E-state index is 13.8. The Labute approximate surface area is 200 Å². The van der Waals surface area contributed by atoms with Gasteiger partial charge in [0.2, 0.25) is 0 Å². The summed E-state index contributed by atoms with van der Waals surface area (Å²) >= 11 is 0. The molecule has 2 aliphatic rings. The van der Waals surface area contributed by atoms with Gasteiger partial charge < -0.3 is 10.2 Å². The molecule has 2 heterocycles. The van der Waals surface area contributed by atoms with Gasteiger partial charge in [0.15, 0.2) is 0 Å². The third-order valence-electron chi connectivity index (χ3n) is 7.01. The normalized spacial score (nSPS) is 15.4. The Morgan fingerprint density at radius 1 is 0.824 bits per heavy atom. The summed E-state index contributed by atoms with van der Waals surface area (Å²) in [4.78, 5) is 28.7. The fraction of sp³-hybridized carbons (Fsp3) is 0.267. The fourth-order valence-electron chi connectivity index (χ4n) is 5.12. The first-order chi connectivity index (χ1) is 16.6. The highest BCUT2D eigenvalue weighted by atomic mass is 16.2. The van der Waals surface area contributed by atoms with Gasteiger partial charge in [0.25, 0.3) is 11.8 Å². The van der Waals surface area contributed by atoms with Crippen molar-refractivity contribution in [2.24, 2.45) is 5.92 Å². The number of unbranched alkanes of at least 4 members (excludes halogenated alkanes) is 1. The van der Waals surface area contributed by atoms with Crippen LogP contribution in [0.15, 0.2) is 72.8 Å². The van der Waals surface area contributed by atoms with Crippen LogP contribution in [0, 0.1) is 5.92 Å². The number of benzene rings is 3. The standard InChI is InChI=1S/C30H30N2O2/c1-3-5-12-20(4-2)19-32-26-18-23-25(31-29(33)27(23)21-13-8-6-9-14-21)17-24(26)28(30(32)34)22-15-10-7-11-16-22/h6-11,13-18,20H,3-5,12,19H2,1-2H3,(H,31,33). The lowest BCUT2D eigenvalue weighted by atomic mass is 9.98. The highest BCUT2D eigenvalue weighted by Gasteiger charge is 2.33. The fourth-order valence-corrected chi connectivity index (χ4v) is 5.12. The molecule has 172 valence electrons. The number of nitrogens with zero attached hydrogens (tertiary/aromatic N) is 1. The molecule has 0 aromatic heterocycles. The SMILES string of the molecule is CCCCC(CC)CN1C(=O)C(c2ccccc2)=c2cc3c(cc21)=C(c1ccccc1)C(=O)N3. The average molecular weight is 451 g/mol. The van der Waals surface area contributed by atoms with E-state index in [1.54, 1.807) is 0 Å². The van der Waals surface area contributed by atoms with Gasteiger partial charge in [-0.25, -0.2) is 0 Å². The number of carbonyl (C=O) groups is 2. The van der Waals surface area contributed by atoms with Crippen molar-refractivity contribution in [2.75, 3.05) is 16.8 Å². The summed E-state index contributed by atoms with van der Waals surface area (Å²) in [5, 5.41) is 4.80. The van der Waals surface area contributed by atoms with E-state index in [-0.39, 0.29) is 11.8 Å². The Kier molecular flexibility index (Phi) is 6.06. The molecule has 0 fully saturated rings. The van der Waals surface area contributed by atoms with Crippen LogP contribution < -0.4 is 20.7 Å². The smallest absolute Gasteiger partial charge is 0.259 e. The predicted molar refractivity (Wildman–Crippen MR) is 138 cm³/mol. The lowest BCUT2D eigenvalue weighted by molar-refractivity contribution is -0.113. The maximum Gasteiger partial charge on any atom is 0.259 e. The van der Waals surface area contributed by atoms with E-state index in [0.717, 1.165) is 58.6 Å². The first-order valence-corrected chi connectivity index (χ1v) is 12.3.